The average Bonchev–Trinajstić information content (AvgIpc) is 2.70. The van der Waals surface area contributed by atoms with Gasteiger partial charge in [-0.2, -0.15) is 8.42 Å². The molecule has 2 aromatic rings. The van der Waals surface area contributed by atoms with Crippen LogP contribution in [-0.4, -0.2) is 32.3 Å². The van der Waals surface area contributed by atoms with Gasteiger partial charge in [0.2, 0.25) is 0 Å². The van der Waals surface area contributed by atoms with Gasteiger partial charge in [-0.3, -0.25) is 0 Å². The number of allylic oxidation sites excluding steroid dienone is 1. The van der Waals surface area contributed by atoms with Crippen molar-refractivity contribution in [2.24, 2.45) is 0 Å². The van der Waals surface area contributed by atoms with Gasteiger partial charge in [0.05, 0.1) is 13.7 Å². The van der Waals surface area contributed by atoms with Crippen molar-refractivity contribution in [3.05, 3.63) is 58.7 Å². The first-order valence-electron chi connectivity index (χ1n) is 9.78. The van der Waals surface area contributed by atoms with Crippen LogP contribution in [-0.2, 0) is 10.1 Å². The van der Waals surface area contributed by atoms with Crippen molar-refractivity contribution in [2.75, 3.05) is 13.7 Å². The van der Waals surface area contributed by atoms with Gasteiger partial charge in [-0.1, -0.05) is 36.3 Å². The first kappa shape index (κ1) is 23.8. The number of aryl methyl sites for hydroxylation is 1. The maximum absolute atomic E-state index is 12.8. The van der Waals surface area contributed by atoms with Crippen LogP contribution in [0.4, 0.5) is 0 Å². The number of phenolic OH excluding ortho intramolecular Hbond substituents is 1. The van der Waals surface area contributed by atoms with Gasteiger partial charge in [-0.15, -0.1) is 0 Å². The van der Waals surface area contributed by atoms with Crippen molar-refractivity contribution in [2.45, 2.75) is 51.3 Å². The summed E-state index contributed by atoms with van der Waals surface area (Å²) in [7, 11) is -2.62. The number of rotatable bonds is 9. The minimum Gasteiger partial charge on any atom is -0.504 e. The van der Waals surface area contributed by atoms with Crippen LogP contribution in [0, 0.1) is 13.8 Å². The maximum Gasteiger partial charge on any atom is 0.339 e. The van der Waals surface area contributed by atoms with Crippen LogP contribution in [0.3, 0.4) is 0 Å². The Hall–Kier alpha value is -2.51. The molecule has 2 N–H and O–H groups in total. The minimum absolute atomic E-state index is 0.00679. The summed E-state index contributed by atoms with van der Waals surface area (Å²) in [5.41, 5.74) is 2.76. The zero-order valence-corrected chi connectivity index (χ0v) is 18.9. The zero-order chi connectivity index (χ0) is 22.5. The van der Waals surface area contributed by atoms with Gasteiger partial charge in [0.15, 0.2) is 11.5 Å². The van der Waals surface area contributed by atoms with Crippen LogP contribution in [0.25, 0.3) is 0 Å². The Morgan fingerprint density at radius 3 is 2.40 bits per heavy atom. The number of aromatic hydroxyl groups is 1. The first-order valence-corrected chi connectivity index (χ1v) is 11.2. The highest BCUT2D eigenvalue weighted by molar-refractivity contribution is 7.87. The third-order valence-electron chi connectivity index (χ3n) is 5.07. The number of aliphatic hydroxyl groups is 1. The Kier molecular flexibility index (Phi) is 7.92. The summed E-state index contributed by atoms with van der Waals surface area (Å²) in [5, 5.41) is 19.8. The van der Waals surface area contributed by atoms with Crippen LogP contribution in [0.1, 0.15) is 49.3 Å². The number of benzene rings is 2. The smallest absolute Gasteiger partial charge is 0.339 e. The number of phenols is 1. The van der Waals surface area contributed by atoms with E-state index >= 15 is 0 Å². The lowest BCUT2D eigenvalue weighted by Gasteiger charge is -2.20. The number of hydrogen-bond donors (Lipinski definition) is 2. The standard InChI is InChI=1S/C23H30O6S/c1-15-9-11-19(12-10-15)30(26,27)29-21-13-20(22(25)23(28-5)18(21)4)17(3)8-6-7-16(2)14-24/h7,9-13,17,24-25H,6,8,14H2,1-5H3/b16-7-. The zero-order valence-electron chi connectivity index (χ0n) is 18.1. The Bertz CT molecular complexity index is 1010. The molecule has 0 aliphatic rings. The van der Waals surface area contributed by atoms with E-state index in [9.17, 15) is 13.5 Å². The fraction of sp³-hybridized carbons (Fsp3) is 0.391. The predicted octanol–water partition coefficient (Wildman–Crippen LogP) is 4.61. The molecule has 0 saturated heterocycles. The van der Waals surface area contributed by atoms with Crippen LogP contribution in [0.15, 0.2) is 46.9 Å². The molecule has 0 spiro atoms. The third kappa shape index (κ3) is 5.55. The van der Waals surface area contributed by atoms with Crippen molar-refractivity contribution in [1.29, 1.82) is 0 Å². The Balaban J connectivity index is 2.40. The van der Waals surface area contributed by atoms with Crippen molar-refractivity contribution in [3.63, 3.8) is 0 Å². The topological polar surface area (TPSA) is 93.1 Å². The van der Waals surface area contributed by atoms with Crippen molar-refractivity contribution in [3.8, 4) is 17.2 Å². The second-order valence-corrected chi connectivity index (χ2v) is 9.05. The number of hydrogen-bond acceptors (Lipinski definition) is 6. The maximum atomic E-state index is 12.8. The fourth-order valence-corrected chi connectivity index (χ4v) is 4.10. The highest BCUT2D eigenvalue weighted by Gasteiger charge is 2.24. The monoisotopic (exact) mass is 434 g/mol. The van der Waals surface area contributed by atoms with E-state index in [0.717, 1.165) is 11.1 Å². The lowest BCUT2D eigenvalue weighted by atomic mass is 9.93. The van der Waals surface area contributed by atoms with Crippen LogP contribution in [0.2, 0.25) is 0 Å². The van der Waals surface area contributed by atoms with Crippen molar-refractivity contribution >= 4 is 10.1 Å². The molecular weight excluding hydrogens is 404 g/mol. The van der Waals surface area contributed by atoms with Gasteiger partial charge in [-0.05, 0) is 57.7 Å². The molecule has 0 aliphatic carbocycles. The Labute approximate surface area is 178 Å². The van der Waals surface area contributed by atoms with Gasteiger partial charge in [0.25, 0.3) is 0 Å². The molecule has 0 aromatic heterocycles. The highest BCUT2D eigenvalue weighted by atomic mass is 32.2. The van der Waals surface area contributed by atoms with Crippen LogP contribution < -0.4 is 8.92 Å². The molecule has 6 nitrogen and oxygen atoms in total. The third-order valence-corrected chi connectivity index (χ3v) is 6.32. The van der Waals surface area contributed by atoms with E-state index in [-0.39, 0.29) is 34.7 Å². The molecule has 2 rings (SSSR count). The highest BCUT2D eigenvalue weighted by Crippen LogP contribution is 2.44. The molecule has 1 unspecified atom stereocenters. The van der Waals surface area contributed by atoms with Crippen molar-refractivity contribution in [1.82, 2.24) is 0 Å². The molecule has 0 bridgehead atoms. The molecule has 0 fully saturated rings. The molecule has 0 aliphatic heterocycles. The second kappa shape index (κ2) is 10.00. The summed E-state index contributed by atoms with van der Waals surface area (Å²) in [6.07, 6.45) is 3.35. The van der Waals surface area contributed by atoms with Crippen LogP contribution >= 0.6 is 0 Å². The molecule has 0 radical (unpaired) electrons. The Morgan fingerprint density at radius 1 is 1.20 bits per heavy atom. The molecule has 0 heterocycles. The van der Waals surface area contributed by atoms with Crippen molar-refractivity contribution < 1.29 is 27.6 Å². The lowest BCUT2D eigenvalue weighted by Crippen LogP contribution is -2.11. The van der Waals surface area contributed by atoms with E-state index in [1.807, 2.05) is 26.8 Å². The van der Waals surface area contributed by atoms with E-state index in [0.29, 0.717) is 24.0 Å². The molecule has 30 heavy (non-hydrogen) atoms. The fourth-order valence-electron chi connectivity index (χ4n) is 3.12. The number of ether oxygens (including phenoxy) is 1. The molecule has 2 aromatic carbocycles. The van der Waals surface area contributed by atoms with Gasteiger partial charge in [0, 0.05) is 11.1 Å². The summed E-state index contributed by atoms with van der Waals surface area (Å²) in [4.78, 5) is 0.0544. The lowest BCUT2D eigenvalue weighted by molar-refractivity contribution is 0.330. The van der Waals surface area contributed by atoms with E-state index in [4.69, 9.17) is 14.0 Å². The van der Waals surface area contributed by atoms with Gasteiger partial charge < -0.3 is 19.1 Å². The first-order chi connectivity index (χ1) is 14.1. The van der Waals surface area contributed by atoms with E-state index in [1.165, 1.54) is 19.2 Å². The number of methoxy groups -OCH3 is 1. The van der Waals surface area contributed by atoms with E-state index in [2.05, 4.69) is 0 Å². The predicted molar refractivity (Wildman–Crippen MR) is 117 cm³/mol. The van der Waals surface area contributed by atoms with Gasteiger partial charge in [-0.25, -0.2) is 0 Å². The van der Waals surface area contributed by atoms with E-state index in [1.54, 1.807) is 25.1 Å². The minimum atomic E-state index is -4.04. The van der Waals surface area contributed by atoms with Crippen LogP contribution in [0.5, 0.6) is 17.2 Å². The normalized spacial score (nSPS) is 13.2. The number of aliphatic hydroxyl groups excluding tert-OH is 1. The summed E-state index contributed by atoms with van der Waals surface area (Å²) < 4.78 is 36.3. The van der Waals surface area contributed by atoms with E-state index < -0.39 is 10.1 Å². The summed E-state index contributed by atoms with van der Waals surface area (Å²) in [5.74, 6) is 0.196. The van der Waals surface area contributed by atoms with Gasteiger partial charge >= 0.3 is 10.1 Å². The molecule has 0 amide bonds. The molecule has 1 atom stereocenters. The Morgan fingerprint density at radius 2 is 1.83 bits per heavy atom. The molecule has 7 heteroatoms. The average molecular weight is 435 g/mol. The molecular formula is C23H30O6S. The van der Waals surface area contributed by atoms with Gasteiger partial charge in [0.1, 0.15) is 10.6 Å². The second-order valence-electron chi connectivity index (χ2n) is 7.51. The summed E-state index contributed by atoms with van der Waals surface area (Å²) >= 11 is 0. The molecule has 0 saturated carbocycles. The SMILES string of the molecule is COc1c(C)c(OS(=O)(=O)c2ccc(C)cc2)cc(C(C)CC/C=C(/C)CO)c1O. The molecule has 164 valence electrons. The summed E-state index contributed by atoms with van der Waals surface area (Å²) in [6.45, 7) is 7.30. The summed E-state index contributed by atoms with van der Waals surface area (Å²) in [6, 6.07) is 7.96. The largest absolute Gasteiger partial charge is 0.504 e. The quantitative estimate of drug-likeness (QED) is 0.442.